The van der Waals surface area contributed by atoms with Crippen molar-refractivity contribution in [3.05, 3.63) is 36.0 Å². The first-order valence-corrected chi connectivity index (χ1v) is 10.7. The number of fused-ring (bicyclic) bond motifs is 1. The number of rotatable bonds is 12. The molecule has 0 aliphatic rings. The fraction of sp³-hybridized carbons (Fsp3) is 0.522. The number of aliphatic hydroxyl groups excluding tert-OH is 2. The first-order chi connectivity index (χ1) is 15.7. The van der Waals surface area contributed by atoms with Crippen molar-refractivity contribution >= 4 is 28.5 Å². The highest BCUT2D eigenvalue weighted by Crippen LogP contribution is 2.19. The summed E-state index contributed by atoms with van der Waals surface area (Å²) in [4.78, 5) is 33.0. The van der Waals surface area contributed by atoms with E-state index in [1.807, 2.05) is 38.1 Å². The average molecular weight is 464 g/mol. The van der Waals surface area contributed by atoms with Gasteiger partial charge in [0.25, 0.3) is 5.91 Å². The SMILES string of the molecule is COC(=O)[C@H](Cc1c[nH]c2ccccc12)NC(=O)CO/N=C(\C(O)C(C)O)[C@@H](OC)C(C)C. The Hall–Kier alpha value is -2.95. The van der Waals surface area contributed by atoms with Crippen LogP contribution in [-0.2, 0) is 30.3 Å². The number of carbonyl (C=O) groups is 2. The summed E-state index contributed by atoms with van der Waals surface area (Å²) < 4.78 is 10.2. The van der Waals surface area contributed by atoms with Crippen LogP contribution in [0.1, 0.15) is 26.3 Å². The normalized spacial score (nSPS) is 15.7. The van der Waals surface area contributed by atoms with E-state index in [9.17, 15) is 19.8 Å². The minimum Gasteiger partial charge on any atom is -0.467 e. The molecule has 4 atom stereocenters. The number of para-hydroxylation sites is 1. The van der Waals surface area contributed by atoms with Crippen molar-refractivity contribution in [3.8, 4) is 0 Å². The summed E-state index contributed by atoms with van der Waals surface area (Å²) in [5.41, 5.74) is 1.84. The number of hydrogen-bond acceptors (Lipinski definition) is 8. The largest absolute Gasteiger partial charge is 0.467 e. The number of methoxy groups -OCH3 is 2. The van der Waals surface area contributed by atoms with E-state index < -0.39 is 42.8 Å². The van der Waals surface area contributed by atoms with Gasteiger partial charge in [-0.2, -0.15) is 0 Å². The van der Waals surface area contributed by atoms with Gasteiger partial charge in [0, 0.05) is 30.6 Å². The second-order valence-electron chi connectivity index (χ2n) is 8.08. The molecule has 10 heteroatoms. The Kier molecular flexibility index (Phi) is 9.83. The molecular weight excluding hydrogens is 430 g/mol. The lowest BCUT2D eigenvalue weighted by Crippen LogP contribution is -2.45. The zero-order valence-corrected chi connectivity index (χ0v) is 19.6. The third-order valence-electron chi connectivity index (χ3n) is 5.20. The van der Waals surface area contributed by atoms with Crippen LogP contribution >= 0.6 is 0 Å². The highest BCUT2D eigenvalue weighted by molar-refractivity contribution is 5.93. The van der Waals surface area contributed by atoms with Gasteiger partial charge >= 0.3 is 5.97 Å². The van der Waals surface area contributed by atoms with E-state index in [4.69, 9.17) is 14.3 Å². The maximum absolute atomic E-state index is 12.5. The van der Waals surface area contributed by atoms with Crippen molar-refractivity contribution < 1.29 is 34.1 Å². The van der Waals surface area contributed by atoms with Crippen LogP contribution in [0, 0.1) is 5.92 Å². The number of aromatic amines is 1. The Morgan fingerprint density at radius 1 is 1.15 bits per heavy atom. The van der Waals surface area contributed by atoms with E-state index in [0.29, 0.717) is 0 Å². The van der Waals surface area contributed by atoms with Gasteiger partial charge in [-0.05, 0) is 24.5 Å². The van der Waals surface area contributed by atoms with Gasteiger partial charge in [-0.1, -0.05) is 37.2 Å². The lowest BCUT2D eigenvalue weighted by molar-refractivity contribution is -0.145. The minimum absolute atomic E-state index is 0.0682. The number of benzene rings is 1. The summed E-state index contributed by atoms with van der Waals surface area (Å²) in [5.74, 6) is -1.26. The molecule has 0 spiro atoms. The van der Waals surface area contributed by atoms with Crippen molar-refractivity contribution in [1.29, 1.82) is 0 Å². The Morgan fingerprint density at radius 2 is 1.85 bits per heavy atom. The van der Waals surface area contributed by atoms with Crippen LogP contribution in [0.3, 0.4) is 0 Å². The van der Waals surface area contributed by atoms with Gasteiger partial charge in [-0.15, -0.1) is 0 Å². The van der Waals surface area contributed by atoms with E-state index in [2.05, 4.69) is 15.5 Å². The Morgan fingerprint density at radius 3 is 2.45 bits per heavy atom. The predicted molar refractivity (Wildman–Crippen MR) is 123 cm³/mol. The molecule has 182 valence electrons. The number of H-pyrrole nitrogens is 1. The maximum Gasteiger partial charge on any atom is 0.328 e. The monoisotopic (exact) mass is 463 g/mol. The number of aliphatic hydroxyl groups is 2. The zero-order valence-electron chi connectivity index (χ0n) is 19.6. The number of nitrogens with one attached hydrogen (secondary N) is 2. The third-order valence-corrected chi connectivity index (χ3v) is 5.20. The van der Waals surface area contributed by atoms with E-state index >= 15 is 0 Å². The van der Waals surface area contributed by atoms with Crippen LogP contribution in [0.15, 0.2) is 35.6 Å². The third kappa shape index (κ3) is 7.01. The molecule has 0 fully saturated rings. The number of esters is 1. The summed E-state index contributed by atoms with van der Waals surface area (Å²) in [7, 11) is 2.70. The summed E-state index contributed by atoms with van der Waals surface area (Å²) in [6.07, 6.45) is -1.06. The van der Waals surface area contributed by atoms with Crippen molar-refractivity contribution in [2.45, 2.75) is 51.5 Å². The number of nitrogens with zero attached hydrogens (tertiary/aromatic N) is 1. The summed E-state index contributed by atoms with van der Waals surface area (Å²) in [6.45, 7) is 4.62. The molecule has 2 aromatic rings. The zero-order chi connectivity index (χ0) is 24.5. The number of hydrogen-bond donors (Lipinski definition) is 4. The van der Waals surface area contributed by atoms with Crippen LogP contribution in [0.4, 0.5) is 0 Å². The van der Waals surface area contributed by atoms with Crippen molar-refractivity contribution in [2.24, 2.45) is 11.1 Å². The molecule has 2 unspecified atom stereocenters. The van der Waals surface area contributed by atoms with Crippen LogP contribution in [-0.4, -0.2) is 78.0 Å². The van der Waals surface area contributed by atoms with Gasteiger partial charge < -0.3 is 34.8 Å². The van der Waals surface area contributed by atoms with Gasteiger partial charge in [0.2, 0.25) is 0 Å². The van der Waals surface area contributed by atoms with Crippen LogP contribution < -0.4 is 5.32 Å². The minimum atomic E-state index is -1.33. The van der Waals surface area contributed by atoms with Gasteiger partial charge in [-0.25, -0.2) is 4.79 Å². The fourth-order valence-electron chi connectivity index (χ4n) is 3.51. The molecule has 1 aromatic heterocycles. The quantitative estimate of drug-likeness (QED) is 0.210. The molecule has 0 aliphatic carbocycles. The molecule has 4 N–H and O–H groups in total. The lowest BCUT2D eigenvalue weighted by Gasteiger charge is -2.25. The van der Waals surface area contributed by atoms with E-state index in [0.717, 1.165) is 16.5 Å². The standard InChI is InChI=1S/C23H33N3O7/c1-13(2)22(31-4)20(21(29)14(3)27)26-33-12-19(28)25-18(23(30)32-5)10-15-11-24-17-9-7-6-8-16(15)17/h6-9,11,13-14,18,21-22,24,27,29H,10,12H2,1-5H3,(H,25,28)/b26-20+/t14?,18-,21?,22-/m0/s1. The molecule has 1 amide bonds. The van der Waals surface area contributed by atoms with E-state index in [-0.39, 0.29) is 18.1 Å². The number of oxime groups is 1. The number of ether oxygens (including phenoxy) is 2. The molecule has 0 aliphatic heterocycles. The number of aromatic nitrogens is 1. The smallest absolute Gasteiger partial charge is 0.328 e. The van der Waals surface area contributed by atoms with Gasteiger partial charge in [0.1, 0.15) is 24.0 Å². The van der Waals surface area contributed by atoms with Gasteiger partial charge in [0.15, 0.2) is 6.61 Å². The van der Waals surface area contributed by atoms with Crippen LogP contribution in [0.25, 0.3) is 10.9 Å². The molecule has 2 rings (SSSR count). The topological polar surface area (TPSA) is 142 Å². The Bertz CT molecular complexity index is 954. The van der Waals surface area contributed by atoms with E-state index in [1.54, 1.807) is 6.20 Å². The Balaban J connectivity index is 2.09. The molecule has 1 aromatic carbocycles. The summed E-state index contributed by atoms with van der Waals surface area (Å²) in [6, 6.07) is 6.70. The van der Waals surface area contributed by atoms with Crippen molar-refractivity contribution in [3.63, 3.8) is 0 Å². The summed E-state index contributed by atoms with van der Waals surface area (Å²) in [5, 5.41) is 27.4. The molecule has 0 bridgehead atoms. The molecule has 0 saturated carbocycles. The predicted octanol–water partition coefficient (Wildman–Crippen LogP) is 1.15. The Labute approximate surface area is 192 Å². The van der Waals surface area contributed by atoms with Crippen LogP contribution in [0.2, 0.25) is 0 Å². The second kappa shape index (κ2) is 12.3. The maximum atomic E-state index is 12.5. The van der Waals surface area contributed by atoms with Gasteiger partial charge in [-0.3, -0.25) is 4.79 Å². The average Bonchev–Trinajstić information content (AvgIpc) is 3.19. The number of amides is 1. The molecule has 10 nitrogen and oxygen atoms in total. The first-order valence-electron chi connectivity index (χ1n) is 10.7. The lowest BCUT2D eigenvalue weighted by atomic mass is 9.96. The van der Waals surface area contributed by atoms with Crippen molar-refractivity contribution in [1.82, 2.24) is 10.3 Å². The highest BCUT2D eigenvalue weighted by Gasteiger charge is 2.30. The summed E-state index contributed by atoms with van der Waals surface area (Å²) >= 11 is 0. The molecule has 0 saturated heterocycles. The molecule has 33 heavy (non-hydrogen) atoms. The second-order valence-corrected chi connectivity index (χ2v) is 8.08. The molecule has 0 radical (unpaired) electrons. The molecule has 1 heterocycles. The van der Waals surface area contributed by atoms with Gasteiger partial charge in [0.05, 0.1) is 13.2 Å². The molecular formula is C23H33N3O7. The first kappa shape index (κ1) is 26.3. The highest BCUT2D eigenvalue weighted by atomic mass is 16.6. The van der Waals surface area contributed by atoms with E-state index in [1.165, 1.54) is 21.1 Å². The fourth-order valence-corrected chi connectivity index (χ4v) is 3.51. The number of carbonyl (C=O) groups excluding carboxylic acids is 2. The van der Waals surface area contributed by atoms with Crippen LogP contribution in [0.5, 0.6) is 0 Å². The van der Waals surface area contributed by atoms with Crippen molar-refractivity contribution in [2.75, 3.05) is 20.8 Å².